The SMILES string of the molecule is C=CCn1c(=O)n([C@@H]2O[C@H](CO)[C@@H](O)[C@H]2OC(=O)N(C)CCN(C)C(=O)OCc2ccc(NC(=O)[C@H](CCCCN)NC(=O)C(NC(=O)COCCOCC)C(C)C)cc2)c2nc(N)[nH]c(=O)c21. The number of nitrogen functional groups attached to an aromatic ring is 1. The fraction of sp³-hybridized carbons (Fsp3) is 0.581. The number of nitrogens with one attached hydrogen (secondary N) is 4. The summed E-state index contributed by atoms with van der Waals surface area (Å²) in [7, 11) is 2.82. The number of aromatic nitrogens is 4. The molecule has 1 unspecified atom stereocenters. The van der Waals surface area contributed by atoms with E-state index in [2.05, 4.69) is 32.5 Å². The average molecular weight is 960 g/mol. The van der Waals surface area contributed by atoms with E-state index in [9.17, 15) is 43.8 Å². The van der Waals surface area contributed by atoms with Gasteiger partial charge >= 0.3 is 17.9 Å². The minimum Gasteiger partial charge on any atom is -0.445 e. The van der Waals surface area contributed by atoms with E-state index < -0.39 is 84.4 Å². The summed E-state index contributed by atoms with van der Waals surface area (Å²) in [6.45, 7) is 9.15. The van der Waals surface area contributed by atoms with Crippen LogP contribution in [0.15, 0.2) is 46.5 Å². The highest BCUT2D eigenvalue weighted by Gasteiger charge is 2.49. The fourth-order valence-corrected chi connectivity index (χ4v) is 6.99. The molecule has 3 aromatic rings. The van der Waals surface area contributed by atoms with Crippen LogP contribution in [0.2, 0.25) is 0 Å². The molecular formula is C43H65N11O14. The lowest BCUT2D eigenvalue weighted by atomic mass is 10.0. The standard InChI is InChI=1S/C43H65N11O14/c1-7-17-53-32-35(49-40(45)50-38(32)60)54(41(53)61)39-34(33(57)29(22-55)67-39)68-43(63)52(6)19-18-51(5)42(62)66-23-26-12-14-27(15-13-26)46-36(58)28(11-9-10-16-44)47-37(59)31(25(3)4)48-30(56)24-65-21-20-64-8-2/h7,12-15,25,28-29,31,33-34,39,55,57H,1,8-11,16-24,44H2,2-6H3,(H,46,58)(H,47,59)(H,48,56)(H3,45,49,50,60)/t28-,29+,31?,33+,34+,39+/m0/s1. The summed E-state index contributed by atoms with van der Waals surface area (Å²) in [5.41, 5.74) is 10.5. The van der Waals surface area contributed by atoms with Gasteiger partial charge in [-0.05, 0) is 56.3 Å². The number of imidazole rings is 1. The van der Waals surface area contributed by atoms with Gasteiger partial charge < -0.3 is 71.1 Å². The van der Waals surface area contributed by atoms with Crippen LogP contribution in [0.5, 0.6) is 0 Å². The minimum atomic E-state index is -1.61. The Balaban J connectivity index is 1.30. The maximum absolute atomic E-state index is 13.6. The number of anilines is 2. The number of likely N-dealkylation sites (N-methyl/N-ethyl adjacent to an activating group) is 2. The maximum Gasteiger partial charge on any atom is 0.410 e. The fourth-order valence-electron chi connectivity index (χ4n) is 6.99. The van der Waals surface area contributed by atoms with Gasteiger partial charge in [0, 0.05) is 46.0 Å². The number of ether oxygens (including phenoxy) is 5. The molecule has 1 fully saturated rings. The number of fused-ring (bicyclic) bond motifs is 1. The highest BCUT2D eigenvalue weighted by Crippen LogP contribution is 2.33. The molecule has 3 heterocycles. The molecule has 10 N–H and O–H groups in total. The third-order valence-corrected chi connectivity index (χ3v) is 10.8. The zero-order valence-corrected chi connectivity index (χ0v) is 39.0. The molecule has 0 bridgehead atoms. The summed E-state index contributed by atoms with van der Waals surface area (Å²) in [5.74, 6) is -2.11. The molecule has 68 heavy (non-hydrogen) atoms. The van der Waals surface area contributed by atoms with Crippen molar-refractivity contribution in [2.45, 2.75) is 89.8 Å². The molecule has 0 spiro atoms. The quantitative estimate of drug-likeness (QED) is 0.0366. The summed E-state index contributed by atoms with van der Waals surface area (Å²) in [6.07, 6.45) is -4.88. The van der Waals surface area contributed by atoms with Crippen LogP contribution in [0.3, 0.4) is 0 Å². The lowest BCUT2D eigenvalue weighted by Gasteiger charge is -2.26. The van der Waals surface area contributed by atoms with Crippen molar-refractivity contribution in [3.05, 3.63) is 63.3 Å². The molecule has 1 aromatic carbocycles. The molecule has 1 aliphatic heterocycles. The number of carbonyl (C=O) groups excluding carboxylic acids is 5. The monoisotopic (exact) mass is 959 g/mol. The Hall–Kier alpha value is -6.38. The third kappa shape index (κ3) is 14.6. The number of carbonyl (C=O) groups is 5. The molecule has 0 aliphatic carbocycles. The first-order valence-corrected chi connectivity index (χ1v) is 22.2. The van der Waals surface area contributed by atoms with Gasteiger partial charge in [0.25, 0.3) is 5.56 Å². The van der Waals surface area contributed by atoms with Gasteiger partial charge in [-0.2, -0.15) is 4.98 Å². The predicted octanol–water partition coefficient (Wildman–Crippen LogP) is -0.643. The van der Waals surface area contributed by atoms with Crippen molar-refractivity contribution in [2.75, 3.05) is 77.8 Å². The van der Waals surface area contributed by atoms with Crippen LogP contribution in [-0.4, -0.2) is 166 Å². The van der Waals surface area contributed by atoms with Gasteiger partial charge in [-0.25, -0.2) is 19.0 Å². The molecule has 376 valence electrons. The number of hydrogen-bond acceptors (Lipinski definition) is 17. The van der Waals surface area contributed by atoms with E-state index in [0.717, 1.165) is 14.0 Å². The van der Waals surface area contributed by atoms with Crippen LogP contribution in [0, 0.1) is 5.92 Å². The number of unbranched alkanes of at least 4 members (excludes halogenated alkanes) is 1. The smallest absolute Gasteiger partial charge is 0.410 e. The second-order valence-electron chi connectivity index (χ2n) is 16.2. The van der Waals surface area contributed by atoms with Crippen LogP contribution in [0.4, 0.5) is 21.2 Å². The molecule has 1 saturated heterocycles. The predicted molar refractivity (Wildman–Crippen MR) is 246 cm³/mol. The third-order valence-electron chi connectivity index (χ3n) is 10.8. The van der Waals surface area contributed by atoms with E-state index in [1.54, 1.807) is 38.1 Å². The Morgan fingerprint density at radius 2 is 1.69 bits per heavy atom. The molecule has 0 saturated carbocycles. The number of nitrogens with two attached hydrogens (primary N) is 2. The van der Waals surface area contributed by atoms with Crippen LogP contribution < -0.4 is 38.7 Å². The second-order valence-corrected chi connectivity index (χ2v) is 16.2. The lowest BCUT2D eigenvalue weighted by molar-refractivity contribution is -0.134. The number of H-pyrrole nitrogens is 1. The Morgan fingerprint density at radius 1 is 1.01 bits per heavy atom. The second kappa shape index (κ2) is 26.2. The van der Waals surface area contributed by atoms with Crippen LogP contribution in [0.1, 0.15) is 51.8 Å². The number of allylic oxidation sites excluding steroid dienone is 1. The zero-order chi connectivity index (χ0) is 50.1. The van der Waals surface area contributed by atoms with E-state index >= 15 is 0 Å². The van der Waals surface area contributed by atoms with E-state index in [1.807, 2.05) is 6.92 Å². The number of amides is 5. The van der Waals surface area contributed by atoms with Crippen molar-refractivity contribution in [1.82, 2.24) is 39.5 Å². The number of nitrogens with zero attached hydrogens (tertiary/aromatic N) is 5. The number of benzene rings is 1. The number of aliphatic hydroxyl groups excluding tert-OH is 2. The van der Waals surface area contributed by atoms with Crippen molar-refractivity contribution in [3.63, 3.8) is 0 Å². The topological polar surface area (TPSA) is 339 Å². The molecule has 5 amide bonds. The van der Waals surface area contributed by atoms with Crippen LogP contribution >= 0.6 is 0 Å². The van der Waals surface area contributed by atoms with Crippen molar-refractivity contribution in [2.24, 2.45) is 11.7 Å². The van der Waals surface area contributed by atoms with E-state index in [1.165, 1.54) is 25.1 Å². The molecule has 6 atom stereocenters. The first-order valence-electron chi connectivity index (χ1n) is 22.2. The Morgan fingerprint density at radius 3 is 2.32 bits per heavy atom. The number of aliphatic hydroxyl groups is 2. The summed E-state index contributed by atoms with van der Waals surface area (Å²) in [5, 5.41) is 29.2. The first-order chi connectivity index (χ1) is 32.4. The Labute approximate surface area is 392 Å². The first kappa shape index (κ1) is 54.2. The number of rotatable bonds is 26. The minimum absolute atomic E-state index is 0.0288. The highest BCUT2D eigenvalue weighted by atomic mass is 16.6. The normalized spacial score (nSPS) is 17.6. The largest absolute Gasteiger partial charge is 0.445 e. The number of aromatic amines is 1. The Bertz CT molecular complexity index is 2300. The zero-order valence-electron chi connectivity index (χ0n) is 39.0. The van der Waals surface area contributed by atoms with Gasteiger partial charge in [0.05, 0.1) is 19.8 Å². The Kier molecular flexibility index (Phi) is 20.9. The molecule has 0 radical (unpaired) electrons. The maximum atomic E-state index is 13.6. The summed E-state index contributed by atoms with van der Waals surface area (Å²) in [6, 6.07) is 4.62. The van der Waals surface area contributed by atoms with Crippen LogP contribution in [-0.2, 0) is 51.2 Å². The van der Waals surface area contributed by atoms with Gasteiger partial charge in [-0.1, -0.05) is 32.1 Å². The van der Waals surface area contributed by atoms with Gasteiger partial charge in [-0.15, -0.1) is 6.58 Å². The summed E-state index contributed by atoms with van der Waals surface area (Å²) < 4.78 is 29.3. The summed E-state index contributed by atoms with van der Waals surface area (Å²) in [4.78, 5) is 101. The number of hydrogen-bond donors (Lipinski definition) is 8. The molecule has 25 nitrogen and oxygen atoms in total. The van der Waals surface area contributed by atoms with Gasteiger partial charge in [0.2, 0.25) is 23.7 Å². The molecule has 25 heteroatoms. The van der Waals surface area contributed by atoms with Crippen molar-refractivity contribution in [3.8, 4) is 0 Å². The highest BCUT2D eigenvalue weighted by molar-refractivity contribution is 5.98. The molecule has 2 aromatic heterocycles. The molecular weight excluding hydrogens is 895 g/mol. The van der Waals surface area contributed by atoms with E-state index in [4.69, 9.17) is 35.2 Å². The van der Waals surface area contributed by atoms with E-state index in [-0.39, 0.29) is 62.5 Å². The average Bonchev–Trinajstić information content (AvgIpc) is 3.76. The van der Waals surface area contributed by atoms with E-state index in [0.29, 0.717) is 50.3 Å². The lowest BCUT2D eigenvalue weighted by Crippen LogP contribution is -2.55. The van der Waals surface area contributed by atoms with Crippen LogP contribution in [0.25, 0.3) is 11.2 Å². The molecule has 1 aliphatic rings. The van der Waals surface area contributed by atoms with Crippen molar-refractivity contribution >= 4 is 52.7 Å². The van der Waals surface area contributed by atoms with Gasteiger partial charge in [0.1, 0.15) is 37.5 Å². The van der Waals surface area contributed by atoms with Gasteiger partial charge in [0.15, 0.2) is 23.5 Å². The molecule has 4 rings (SSSR count). The van der Waals surface area contributed by atoms with Gasteiger partial charge in [-0.3, -0.25) is 28.7 Å². The summed E-state index contributed by atoms with van der Waals surface area (Å²) >= 11 is 0. The van der Waals surface area contributed by atoms with Crippen molar-refractivity contribution in [1.29, 1.82) is 0 Å². The van der Waals surface area contributed by atoms with Crippen molar-refractivity contribution < 1.29 is 57.9 Å².